The Labute approximate surface area is 64.6 Å². The van der Waals surface area contributed by atoms with E-state index >= 15 is 0 Å². The summed E-state index contributed by atoms with van der Waals surface area (Å²) in [7, 11) is 2.39. The Hall–Kier alpha value is -0.0400. The molecule has 0 aliphatic carbocycles. The Balaban J connectivity index is 2.48. The summed E-state index contributed by atoms with van der Waals surface area (Å²) in [5, 5.41) is 0. The van der Waals surface area contributed by atoms with E-state index in [0.717, 1.165) is 6.04 Å². The molecular weight excluding hydrogens is 122 g/mol. The molecule has 0 aromatic heterocycles. The highest BCUT2D eigenvalue weighted by Gasteiger charge is 2.27. The van der Waals surface area contributed by atoms with Gasteiger partial charge in [0.1, 0.15) is 0 Å². The van der Waals surface area contributed by atoms with Crippen molar-refractivity contribution in [1.29, 1.82) is 0 Å². The maximum atomic E-state index is 2.39. The zero-order valence-corrected chi connectivity index (χ0v) is 7.56. The molecule has 1 fully saturated rings. The summed E-state index contributed by atoms with van der Waals surface area (Å²) in [5.41, 5.74) is 0. The van der Waals surface area contributed by atoms with Gasteiger partial charge in [-0.05, 0) is 33.1 Å². The van der Waals surface area contributed by atoms with E-state index in [9.17, 15) is 0 Å². The summed E-state index contributed by atoms with van der Waals surface area (Å²) in [4.78, 5) is 0. The zero-order chi connectivity index (χ0) is 7.61. The van der Waals surface area contributed by atoms with Crippen LogP contribution in [0.4, 0.5) is 0 Å². The molecule has 1 aliphatic rings. The summed E-state index contributed by atoms with van der Waals surface area (Å²) >= 11 is 0. The summed E-state index contributed by atoms with van der Waals surface area (Å²) in [5.74, 6) is 0. The standard InChI is InChI=1S/C9H20N/c1-9(2)10(3)7-5-4-6-8-10/h9H,4-8H2,1-3H3/q+1. The van der Waals surface area contributed by atoms with Gasteiger partial charge in [-0.2, -0.15) is 0 Å². The fraction of sp³-hybridized carbons (Fsp3) is 1.00. The van der Waals surface area contributed by atoms with E-state index < -0.39 is 0 Å². The van der Waals surface area contributed by atoms with Gasteiger partial charge < -0.3 is 4.48 Å². The van der Waals surface area contributed by atoms with E-state index in [1.54, 1.807) is 0 Å². The molecule has 0 radical (unpaired) electrons. The van der Waals surface area contributed by atoms with E-state index in [1.807, 2.05) is 0 Å². The van der Waals surface area contributed by atoms with Crippen LogP contribution in [0.5, 0.6) is 0 Å². The van der Waals surface area contributed by atoms with Crippen LogP contribution in [-0.4, -0.2) is 30.7 Å². The van der Waals surface area contributed by atoms with Crippen molar-refractivity contribution >= 4 is 0 Å². The lowest BCUT2D eigenvalue weighted by atomic mass is 10.1. The number of quaternary nitrogens is 1. The van der Waals surface area contributed by atoms with Crippen molar-refractivity contribution in [2.45, 2.75) is 39.2 Å². The third-order valence-corrected chi connectivity index (χ3v) is 3.08. The van der Waals surface area contributed by atoms with E-state index in [-0.39, 0.29) is 0 Å². The van der Waals surface area contributed by atoms with Crippen molar-refractivity contribution in [2.24, 2.45) is 0 Å². The van der Waals surface area contributed by atoms with Gasteiger partial charge in [0.25, 0.3) is 0 Å². The van der Waals surface area contributed by atoms with Crippen molar-refractivity contribution in [1.82, 2.24) is 0 Å². The van der Waals surface area contributed by atoms with Gasteiger partial charge in [0, 0.05) is 0 Å². The Morgan fingerprint density at radius 2 is 1.50 bits per heavy atom. The lowest BCUT2D eigenvalue weighted by Gasteiger charge is -2.41. The molecule has 1 saturated heterocycles. The summed E-state index contributed by atoms with van der Waals surface area (Å²) < 4.78 is 1.31. The number of rotatable bonds is 1. The van der Waals surface area contributed by atoms with Gasteiger partial charge in [0.2, 0.25) is 0 Å². The van der Waals surface area contributed by atoms with Crippen LogP contribution in [0.25, 0.3) is 0 Å². The van der Waals surface area contributed by atoms with E-state index in [2.05, 4.69) is 20.9 Å². The molecule has 1 nitrogen and oxygen atoms in total. The first-order chi connectivity index (χ1) is 4.65. The van der Waals surface area contributed by atoms with Crippen molar-refractivity contribution < 1.29 is 4.48 Å². The molecule has 1 rings (SSSR count). The topological polar surface area (TPSA) is 0 Å². The molecule has 0 atom stereocenters. The van der Waals surface area contributed by atoms with Crippen LogP contribution in [0.1, 0.15) is 33.1 Å². The molecule has 60 valence electrons. The average Bonchev–Trinajstić information content (AvgIpc) is 1.89. The quantitative estimate of drug-likeness (QED) is 0.491. The smallest absolute Gasteiger partial charge is 0.0831 e. The summed E-state index contributed by atoms with van der Waals surface area (Å²) in [6.07, 6.45) is 4.34. The van der Waals surface area contributed by atoms with Gasteiger partial charge >= 0.3 is 0 Å². The normalized spacial score (nSPS) is 25.2. The molecular formula is C9H20N+. The number of likely N-dealkylation sites (tertiary alicyclic amines) is 1. The first-order valence-electron chi connectivity index (χ1n) is 4.49. The third kappa shape index (κ3) is 1.51. The monoisotopic (exact) mass is 142 g/mol. The van der Waals surface area contributed by atoms with Gasteiger partial charge in [-0.3, -0.25) is 0 Å². The fourth-order valence-electron chi connectivity index (χ4n) is 1.75. The van der Waals surface area contributed by atoms with Crippen LogP contribution in [0, 0.1) is 0 Å². The molecule has 0 amide bonds. The molecule has 1 heterocycles. The highest BCUT2D eigenvalue weighted by molar-refractivity contribution is 4.53. The number of hydrogen-bond donors (Lipinski definition) is 0. The van der Waals surface area contributed by atoms with Gasteiger partial charge in [-0.15, -0.1) is 0 Å². The Morgan fingerprint density at radius 1 is 1.00 bits per heavy atom. The molecule has 0 N–H and O–H groups in total. The second-order valence-corrected chi connectivity index (χ2v) is 4.08. The van der Waals surface area contributed by atoms with Crippen LogP contribution < -0.4 is 0 Å². The SMILES string of the molecule is CC(C)[N+]1(C)CCCCC1. The second kappa shape index (κ2) is 2.91. The van der Waals surface area contributed by atoms with Gasteiger partial charge in [-0.25, -0.2) is 0 Å². The Bertz CT molecular complexity index is 101. The average molecular weight is 142 g/mol. The minimum absolute atomic E-state index is 0.820. The molecule has 0 unspecified atom stereocenters. The van der Waals surface area contributed by atoms with Gasteiger partial charge in [-0.1, -0.05) is 0 Å². The highest BCUT2D eigenvalue weighted by atomic mass is 15.3. The molecule has 0 bridgehead atoms. The largest absolute Gasteiger partial charge is 0.324 e. The molecule has 1 aliphatic heterocycles. The molecule has 0 spiro atoms. The highest BCUT2D eigenvalue weighted by Crippen LogP contribution is 2.19. The minimum Gasteiger partial charge on any atom is -0.324 e. The van der Waals surface area contributed by atoms with Crippen molar-refractivity contribution in [3.8, 4) is 0 Å². The van der Waals surface area contributed by atoms with Crippen molar-refractivity contribution in [3.63, 3.8) is 0 Å². The van der Waals surface area contributed by atoms with Crippen LogP contribution in [-0.2, 0) is 0 Å². The van der Waals surface area contributed by atoms with Crippen LogP contribution in [0.2, 0.25) is 0 Å². The lowest BCUT2D eigenvalue weighted by Crippen LogP contribution is -2.52. The minimum atomic E-state index is 0.820. The van der Waals surface area contributed by atoms with Crippen molar-refractivity contribution in [2.75, 3.05) is 20.1 Å². The maximum absolute atomic E-state index is 2.39. The third-order valence-electron chi connectivity index (χ3n) is 3.08. The van der Waals surface area contributed by atoms with E-state index in [1.165, 1.54) is 36.8 Å². The van der Waals surface area contributed by atoms with E-state index in [4.69, 9.17) is 0 Å². The Kier molecular flexibility index (Phi) is 2.35. The van der Waals surface area contributed by atoms with Gasteiger partial charge in [0.05, 0.1) is 26.2 Å². The summed E-state index contributed by atoms with van der Waals surface area (Å²) in [6.45, 7) is 7.48. The molecule has 10 heavy (non-hydrogen) atoms. The predicted octanol–water partition coefficient (Wildman–Crippen LogP) is 2.03. The van der Waals surface area contributed by atoms with Crippen LogP contribution >= 0.6 is 0 Å². The first kappa shape index (κ1) is 8.06. The molecule has 0 aromatic rings. The second-order valence-electron chi connectivity index (χ2n) is 4.08. The van der Waals surface area contributed by atoms with Gasteiger partial charge in [0.15, 0.2) is 0 Å². The number of hydrogen-bond acceptors (Lipinski definition) is 0. The molecule has 0 saturated carbocycles. The maximum Gasteiger partial charge on any atom is 0.0831 e. The van der Waals surface area contributed by atoms with Crippen LogP contribution in [0.3, 0.4) is 0 Å². The Morgan fingerprint density at radius 3 is 1.80 bits per heavy atom. The zero-order valence-electron chi connectivity index (χ0n) is 7.56. The lowest BCUT2D eigenvalue weighted by molar-refractivity contribution is -0.933. The molecule has 1 heteroatoms. The van der Waals surface area contributed by atoms with Crippen molar-refractivity contribution in [3.05, 3.63) is 0 Å². The van der Waals surface area contributed by atoms with E-state index in [0.29, 0.717) is 0 Å². The number of nitrogens with zero attached hydrogens (tertiary/aromatic N) is 1. The predicted molar refractivity (Wildman–Crippen MR) is 44.9 cm³/mol. The fourth-order valence-corrected chi connectivity index (χ4v) is 1.75. The summed E-state index contributed by atoms with van der Waals surface area (Å²) in [6, 6.07) is 0.820. The number of piperidine rings is 1. The molecule has 0 aromatic carbocycles. The van der Waals surface area contributed by atoms with Crippen LogP contribution in [0.15, 0.2) is 0 Å². The first-order valence-corrected chi connectivity index (χ1v) is 4.49.